The molecule has 4 rings (SSSR count). The summed E-state index contributed by atoms with van der Waals surface area (Å²) in [4.78, 5) is 9.22. The molecule has 0 aliphatic carbocycles. The van der Waals surface area contributed by atoms with Crippen molar-refractivity contribution in [3.63, 3.8) is 0 Å². The molecule has 1 saturated heterocycles. The summed E-state index contributed by atoms with van der Waals surface area (Å²) in [6.07, 6.45) is -4.77. The Kier molecular flexibility index (Phi) is 5.08. The largest absolute Gasteiger partial charge is 0.451 e. The Balaban J connectivity index is 2.03. The zero-order chi connectivity index (χ0) is 20.6. The fourth-order valence-corrected chi connectivity index (χ4v) is 4.33. The number of halogens is 4. The van der Waals surface area contributed by atoms with Crippen LogP contribution in [-0.4, -0.2) is 32.4 Å². The summed E-state index contributed by atoms with van der Waals surface area (Å²) in [6, 6.07) is 13.9. The highest BCUT2D eigenvalue weighted by molar-refractivity contribution is 7.85. The smallest absolute Gasteiger partial charge is 0.343 e. The predicted octanol–water partition coefficient (Wildman–Crippen LogP) is 4.49. The molecular weight excluding hydrogens is 406 g/mol. The number of aromatic nitrogens is 2. The van der Waals surface area contributed by atoms with Crippen LogP contribution >= 0.6 is 0 Å². The lowest BCUT2D eigenvalue weighted by atomic mass is 9.99. The van der Waals surface area contributed by atoms with E-state index in [4.69, 9.17) is 0 Å². The van der Waals surface area contributed by atoms with Gasteiger partial charge in [0.25, 0.3) is 0 Å². The van der Waals surface area contributed by atoms with Crippen LogP contribution in [0, 0.1) is 5.82 Å². The van der Waals surface area contributed by atoms with Crippen molar-refractivity contribution < 1.29 is 21.8 Å². The fraction of sp³-hybridized carbons (Fsp3) is 0.200. The molecule has 2 aromatic carbocycles. The monoisotopic (exact) mass is 421 g/mol. The maximum atomic E-state index is 13.6. The summed E-state index contributed by atoms with van der Waals surface area (Å²) in [6.45, 7) is 0.323. The molecule has 3 aromatic rings. The molecule has 4 nitrogen and oxygen atoms in total. The van der Waals surface area contributed by atoms with E-state index in [9.17, 15) is 21.8 Å². The standard InChI is InChI=1S/C20H15F4N3OS/c21-15-8-6-14(7-9-15)17-16(13-4-2-1-3-5-13)18(27-10-11-29(28)12-27)26-19(25-17)20(22,23)24/h1-9H,10-12H2. The van der Waals surface area contributed by atoms with Crippen molar-refractivity contribution >= 4 is 16.6 Å². The van der Waals surface area contributed by atoms with Gasteiger partial charge in [0.2, 0.25) is 5.82 Å². The summed E-state index contributed by atoms with van der Waals surface area (Å²) in [7, 11) is -1.17. The molecule has 0 spiro atoms. The van der Waals surface area contributed by atoms with E-state index in [-0.39, 0.29) is 17.4 Å². The maximum absolute atomic E-state index is 13.6. The third-order valence-electron chi connectivity index (χ3n) is 4.51. The second kappa shape index (κ2) is 7.55. The van der Waals surface area contributed by atoms with Gasteiger partial charge in [-0.3, -0.25) is 4.21 Å². The van der Waals surface area contributed by atoms with Gasteiger partial charge in [-0.25, -0.2) is 14.4 Å². The molecule has 29 heavy (non-hydrogen) atoms. The number of benzene rings is 2. The van der Waals surface area contributed by atoms with E-state index in [1.807, 2.05) is 0 Å². The summed E-state index contributed by atoms with van der Waals surface area (Å²) in [5.41, 5.74) is 1.39. The summed E-state index contributed by atoms with van der Waals surface area (Å²) < 4.78 is 66.0. The molecule has 1 fully saturated rings. The third-order valence-corrected chi connectivity index (χ3v) is 5.75. The molecule has 0 N–H and O–H groups in total. The SMILES string of the molecule is O=S1CCN(c2nc(C(F)(F)F)nc(-c3ccc(F)cc3)c2-c2ccccc2)C1. The van der Waals surface area contributed by atoms with Crippen LogP contribution < -0.4 is 4.90 Å². The van der Waals surface area contributed by atoms with Crippen LogP contribution in [0.15, 0.2) is 54.6 Å². The van der Waals surface area contributed by atoms with E-state index in [1.54, 1.807) is 35.2 Å². The molecule has 1 atom stereocenters. The molecule has 1 unspecified atom stereocenters. The Bertz CT molecular complexity index is 1060. The van der Waals surface area contributed by atoms with Crippen molar-refractivity contribution in [1.82, 2.24) is 9.97 Å². The molecule has 0 amide bonds. The molecule has 9 heteroatoms. The quantitative estimate of drug-likeness (QED) is 0.585. The van der Waals surface area contributed by atoms with Gasteiger partial charge in [0, 0.05) is 28.7 Å². The number of alkyl halides is 3. The summed E-state index contributed by atoms with van der Waals surface area (Å²) in [5.74, 6) is -1.27. The van der Waals surface area contributed by atoms with E-state index < -0.39 is 28.6 Å². The minimum atomic E-state index is -4.77. The van der Waals surface area contributed by atoms with Crippen LogP contribution in [0.4, 0.5) is 23.4 Å². The molecule has 0 radical (unpaired) electrons. The van der Waals surface area contributed by atoms with Crippen molar-refractivity contribution in [2.75, 3.05) is 23.1 Å². The van der Waals surface area contributed by atoms with E-state index in [0.717, 1.165) is 0 Å². The highest BCUT2D eigenvalue weighted by atomic mass is 32.2. The van der Waals surface area contributed by atoms with Crippen LogP contribution in [0.2, 0.25) is 0 Å². The molecule has 0 bridgehead atoms. The molecule has 150 valence electrons. The highest BCUT2D eigenvalue weighted by Gasteiger charge is 2.38. The lowest BCUT2D eigenvalue weighted by Gasteiger charge is -2.23. The average molecular weight is 421 g/mol. The second-order valence-electron chi connectivity index (χ2n) is 6.50. The van der Waals surface area contributed by atoms with Crippen LogP contribution in [-0.2, 0) is 17.0 Å². The number of hydrogen-bond donors (Lipinski definition) is 0. The van der Waals surface area contributed by atoms with Crippen LogP contribution in [0.3, 0.4) is 0 Å². The predicted molar refractivity (Wildman–Crippen MR) is 103 cm³/mol. The van der Waals surface area contributed by atoms with Crippen molar-refractivity contribution in [2.24, 2.45) is 0 Å². The normalized spacial score (nSPS) is 17.0. The first-order valence-electron chi connectivity index (χ1n) is 8.73. The Morgan fingerprint density at radius 1 is 0.931 bits per heavy atom. The zero-order valence-corrected chi connectivity index (χ0v) is 15.8. The van der Waals surface area contributed by atoms with Crippen LogP contribution in [0.1, 0.15) is 5.82 Å². The van der Waals surface area contributed by atoms with Crippen molar-refractivity contribution in [3.05, 3.63) is 66.2 Å². The number of rotatable bonds is 3. The van der Waals surface area contributed by atoms with Gasteiger partial charge in [0.05, 0.1) is 17.1 Å². The molecular formula is C20H15F4N3OS. The van der Waals surface area contributed by atoms with Crippen LogP contribution in [0.25, 0.3) is 22.4 Å². The number of hydrogen-bond acceptors (Lipinski definition) is 4. The van der Waals surface area contributed by atoms with Crippen LogP contribution in [0.5, 0.6) is 0 Å². The van der Waals surface area contributed by atoms with Gasteiger partial charge < -0.3 is 4.90 Å². The summed E-state index contributed by atoms with van der Waals surface area (Å²) in [5, 5.41) is 0. The zero-order valence-electron chi connectivity index (χ0n) is 15.0. The fourth-order valence-electron chi connectivity index (χ4n) is 3.17. The Morgan fingerprint density at radius 3 is 2.21 bits per heavy atom. The lowest BCUT2D eigenvalue weighted by Crippen LogP contribution is -2.24. The molecule has 1 aliphatic rings. The first-order valence-corrected chi connectivity index (χ1v) is 10.2. The van der Waals surface area contributed by atoms with Gasteiger partial charge in [-0.2, -0.15) is 13.2 Å². The van der Waals surface area contributed by atoms with Gasteiger partial charge in [-0.05, 0) is 29.8 Å². The number of nitrogens with zero attached hydrogens (tertiary/aromatic N) is 3. The van der Waals surface area contributed by atoms with Gasteiger partial charge >= 0.3 is 6.18 Å². The average Bonchev–Trinajstić information content (AvgIpc) is 3.14. The minimum absolute atomic E-state index is 0.0474. The van der Waals surface area contributed by atoms with Gasteiger partial charge in [-0.1, -0.05) is 30.3 Å². The van der Waals surface area contributed by atoms with E-state index in [1.165, 1.54) is 24.3 Å². The maximum Gasteiger partial charge on any atom is 0.451 e. The molecule has 0 saturated carbocycles. The van der Waals surface area contributed by atoms with Gasteiger partial charge in [0.15, 0.2) is 0 Å². The Labute approximate surface area is 166 Å². The molecule has 2 heterocycles. The number of anilines is 1. The highest BCUT2D eigenvalue weighted by Crippen LogP contribution is 2.40. The lowest BCUT2D eigenvalue weighted by molar-refractivity contribution is -0.144. The third kappa shape index (κ3) is 4.00. The Morgan fingerprint density at radius 2 is 1.62 bits per heavy atom. The van der Waals surface area contributed by atoms with Crippen molar-refractivity contribution in [3.8, 4) is 22.4 Å². The van der Waals surface area contributed by atoms with Crippen molar-refractivity contribution in [2.45, 2.75) is 6.18 Å². The van der Waals surface area contributed by atoms with Gasteiger partial charge in [-0.15, -0.1) is 0 Å². The molecule has 1 aromatic heterocycles. The topological polar surface area (TPSA) is 46.1 Å². The van der Waals surface area contributed by atoms with Crippen molar-refractivity contribution in [1.29, 1.82) is 0 Å². The minimum Gasteiger partial charge on any atom is -0.343 e. The first-order chi connectivity index (χ1) is 13.8. The van der Waals surface area contributed by atoms with E-state index in [2.05, 4.69) is 9.97 Å². The summed E-state index contributed by atoms with van der Waals surface area (Å²) >= 11 is 0. The van der Waals surface area contributed by atoms with E-state index >= 15 is 0 Å². The first kappa shape index (κ1) is 19.5. The second-order valence-corrected chi connectivity index (χ2v) is 8.05. The van der Waals surface area contributed by atoms with Gasteiger partial charge in [0.1, 0.15) is 11.6 Å². The Hall–Kier alpha value is -2.81. The van der Waals surface area contributed by atoms with E-state index in [0.29, 0.717) is 29.0 Å². The molecule has 1 aliphatic heterocycles.